The number of amides is 2. The molecule has 1 heterocycles. The molecule has 1 aromatic heterocycles. The third kappa shape index (κ3) is 4.75. The quantitative estimate of drug-likeness (QED) is 0.731. The summed E-state index contributed by atoms with van der Waals surface area (Å²) in [5, 5.41) is 1.92. The van der Waals surface area contributed by atoms with Crippen molar-refractivity contribution in [2.24, 2.45) is 0 Å². The van der Waals surface area contributed by atoms with E-state index in [1.165, 1.54) is 11.5 Å². The molecule has 0 bridgehead atoms. The molecule has 0 spiro atoms. The van der Waals surface area contributed by atoms with E-state index in [4.69, 9.17) is 4.74 Å². The number of carbonyl (C=O) groups is 3. The van der Waals surface area contributed by atoms with Crippen LogP contribution in [0.15, 0.2) is 29.1 Å². The number of nitrogens with zero attached hydrogens (tertiary/aromatic N) is 2. The van der Waals surface area contributed by atoms with Gasteiger partial charge in [0.05, 0.1) is 24.6 Å². The summed E-state index contributed by atoms with van der Waals surface area (Å²) in [5.41, 5.74) is 1.35. The summed E-state index contributed by atoms with van der Waals surface area (Å²) in [6, 6.07) is 7.36. The van der Waals surface area contributed by atoms with Gasteiger partial charge in [-0.25, -0.2) is 9.59 Å². The van der Waals surface area contributed by atoms with Crippen molar-refractivity contribution >= 4 is 29.0 Å². The Hall–Kier alpha value is -3.10. The Morgan fingerprint density at radius 2 is 1.70 bits per heavy atom. The number of benzene rings is 1. The van der Waals surface area contributed by atoms with Gasteiger partial charge in [-0.2, -0.15) is 0 Å². The molecule has 0 unspecified atom stereocenters. The maximum Gasteiger partial charge on any atom is 0.413 e. The minimum atomic E-state index is -1.16. The number of aryl methyl sites for hydroxylation is 2. The Morgan fingerprint density at radius 1 is 1.11 bits per heavy atom. The van der Waals surface area contributed by atoms with Crippen molar-refractivity contribution in [1.29, 1.82) is 0 Å². The van der Waals surface area contributed by atoms with Crippen LogP contribution in [0.5, 0.6) is 0 Å². The molecule has 9 heteroatoms. The van der Waals surface area contributed by atoms with Gasteiger partial charge in [0.15, 0.2) is 6.10 Å². The second-order valence-corrected chi connectivity index (χ2v) is 5.94. The number of ether oxygens (including phenoxy) is 2. The average Bonchev–Trinajstić information content (AvgIpc) is 2.91. The lowest BCUT2D eigenvalue weighted by Gasteiger charge is -2.12. The van der Waals surface area contributed by atoms with E-state index in [2.05, 4.69) is 4.74 Å². The Morgan fingerprint density at radius 3 is 2.26 bits per heavy atom. The molecule has 146 valence electrons. The highest BCUT2D eigenvalue weighted by Gasteiger charge is 2.21. The molecule has 1 atom stereocenters. The maximum atomic E-state index is 12.6. The van der Waals surface area contributed by atoms with Crippen LogP contribution in [0.1, 0.15) is 26.7 Å². The molecule has 1 N–H and O–H groups in total. The number of para-hydroxylation sites is 2. The number of carbonyl (C=O) groups excluding carboxylic acids is 3. The molecule has 0 aliphatic heterocycles. The minimum Gasteiger partial charge on any atom is -0.453 e. The molecule has 27 heavy (non-hydrogen) atoms. The van der Waals surface area contributed by atoms with Crippen LogP contribution < -0.4 is 11.0 Å². The van der Waals surface area contributed by atoms with Crippen LogP contribution in [0.3, 0.4) is 0 Å². The van der Waals surface area contributed by atoms with Crippen LogP contribution >= 0.6 is 0 Å². The van der Waals surface area contributed by atoms with E-state index in [9.17, 15) is 19.2 Å². The number of rotatable bonds is 7. The Labute approximate surface area is 155 Å². The van der Waals surface area contributed by atoms with Crippen molar-refractivity contribution in [2.45, 2.75) is 45.9 Å². The summed E-state index contributed by atoms with van der Waals surface area (Å²) in [6.07, 6.45) is -1.37. The predicted molar refractivity (Wildman–Crippen MR) is 97.2 cm³/mol. The van der Waals surface area contributed by atoms with Gasteiger partial charge in [-0.05, 0) is 25.5 Å². The van der Waals surface area contributed by atoms with Gasteiger partial charge in [0, 0.05) is 13.1 Å². The van der Waals surface area contributed by atoms with E-state index in [0.717, 1.165) is 24.6 Å². The number of aromatic nitrogens is 2. The Balaban J connectivity index is 2.05. The Bertz CT molecular complexity index is 898. The van der Waals surface area contributed by atoms with Crippen LogP contribution in [0, 0.1) is 0 Å². The third-order valence-corrected chi connectivity index (χ3v) is 4.00. The van der Waals surface area contributed by atoms with Gasteiger partial charge in [0.1, 0.15) is 0 Å². The van der Waals surface area contributed by atoms with E-state index in [0.29, 0.717) is 6.54 Å². The van der Waals surface area contributed by atoms with Crippen molar-refractivity contribution in [3.8, 4) is 0 Å². The van der Waals surface area contributed by atoms with Crippen LogP contribution in [-0.2, 0) is 32.2 Å². The number of methoxy groups -OCH3 is 1. The first-order valence-electron chi connectivity index (χ1n) is 8.65. The van der Waals surface area contributed by atoms with Gasteiger partial charge in [-0.15, -0.1) is 0 Å². The largest absolute Gasteiger partial charge is 0.453 e. The molecule has 0 aliphatic carbocycles. The molecule has 9 nitrogen and oxygen atoms in total. The first kappa shape index (κ1) is 20.2. The van der Waals surface area contributed by atoms with Crippen molar-refractivity contribution < 1.29 is 23.9 Å². The first-order chi connectivity index (χ1) is 12.9. The molecule has 0 aliphatic rings. The van der Waals surface area contributed by atoms with Crippen molar-refractivity contribution in [3.05, 3.63) is 34.7 Å². The molecular formula is C18H23N3O6. The fraction of sp³-hybridized carbons (Fsp3) is 0.444. The van der Waals surface area contributed by atoms with E-state index < -0.39 is 24.1 Å². The van der Waals surface area contributed by atoms with Crippen LogP contribution in [-0.4, -0.2) is 40.3 Å². The lowest BCUT2D eigenvalue weighted by molar-refractivity contribution is -0.154. The van der Waals surface area contributed by atoms with Gasteiger partial charge >= 0.3 is 17.8 Å². The number of hydrogen-bond donors (Lipinski definition) is 1. The van der Waals surface area contributed by atoms with Crippen molar-refractivity contribution in [1.82, 2.24) is 14.5 Å². The SMILES string of the molecule is CCCn1c(=O)n(CCC(=O)O[C@H](C)C(=O)NC(=O)OC)c2ccccc21. The molecule has 0 saturated heterocycles. The summed E-state index contributed by atoms with van der Waals surface area (Å²) in [4.78, 5) is 47.3. The van der Waals surface area contributed by atoms with Gasteiger partial charge in [0.25, 0.3) is 5.91 Å². The number of hydrogen-bond acceptors (Lipinski definition) is 6. The number of imidazole rings is 1. The van der Waals surface area contributed by atoms with E-state index in [-0.39, 0.29) is 18.7 Å². The zero-order valence-electron chi connectivity index (χ0n) is 15.6. The number of alkyl carbamates (subject to hydrolysis) is 1. The molecule has 0 fully saturated rings. The van der Waals surface area contributed by atoms with Gasteiger partial charge in [-0.3, -0.25) is 24.0 Å². The van der Waals surface area contributed by atoms with Gasteiger partial charge in [-0.1, -0.05) is 19.1 Å². The molecule has 1 aromatic carbocycles. The summed E-state index contributed by atoms with van der Waals surface area (Å²) >= 11 is 0. The lowest BCUT2D eigenvalue weighted by Crippen LogP contribution is -2.39. The second kappa shape index (κ2) is 9.02. The van der Waals surface area contributed by atoms with E-state index in [1.54, 1.807) is 4.57 Å². The third-order valence-electron chi connectivity index (χ3n) is 4.00. The normalized spacial score (nSPS) is 11.8. The van der Waals surface area contributed by atoms with Crippen LogP contribution in [0.25, 0.3) is 11.0 Å². The summed E-state index contributed by atoms with van der Waals surface area (Å²) in [5.74, 6) is -1.44. The fourth-order valence-electron chi connectivity index (χ4n) is 2.69. The molecular weight excluding hydrogens is 354 g/mol. The highest BCUT2D eigenvalue weighted by Crippen LogP contribution is 2.14. The molecule has 2 aromatic rings. The number of fused-ring (bicyclic) bond motifs is 1. The molecule has 0 saturated carbocycles. The highest BCUT2D eigenvalue weighted by molar-refractivity contribution is 5.95. The topological polar surface area (TPSA) is 109 Å². The molecule has 0 radical (unpaired) electrons. The molecule has 2 amide bonds. The summed E-state index contributed by atoms with van der Waals surface area (Å²) in [7, 11) is 1.12. The summed E-state index contributed by atoms with van der Waals surface area (Å²) in [6.45, 7) is 4.04. The summed E-state index contributed by atoms with van der Waals surface area (Å²) < 4.78 is 12.5. The van der Waals surface area contributed by atoms with Gasteiger partial charge in [0.2, 0.25) is 0 Å². The average molecular weight is 377 g/mol. The van der Waals surface area contributed by atoms with Crippen LogP contribution in [0.4, 0.5) is 4.79 Å². The second-order valence-electron chi connectivity index (χ2n) is 5.94. The zero-order valence-corrected chi connectivity index (χ0v) is 15.6. The molecule has 2 rings (SSSR count). The standard InChI is InChI=1S/C18H23N3O6/c1-4-10-20-13-7-5-6-8-14(13)21(18(20)25)11-9-15(22)27-12(2)16(23)19-17(24)26-3/h5-8,12H,4,9-11H2,1-3H3,(H,19,23,24)/t12-/m1/s1. The number of imide groups is 1. The lowest BCUT2D eigenvalue weighted by atomic mass is 10.3. The fourth-order valence-corrected chi connectivity index (χ4v) is 2.69. The van der Waals surface area contributed by atoms with E-state index >= 15 is 0 Å². The minimum absolute atomic E-state index is 0.0874. The van der Waals surface area contributed by atoms with Crippen LogP contribution in [0.2, 0.25) is 0 Å². The smallest absolute Gasteiger partial charge is 0.413 e. The maximum absolute atomic E-state index is 12.6. The Kier molecular flexibility index (Phi) is 6.75. The van der Waals surface area contributed by atoms with Crippen molar-refractivity contribution in [2.75, 3.05) is 7.11 Å². The predicted octanol–water partition coefficient (Wildman–Crippen LogP) is 1.42. The number of esters is 1. The van der Waals surface area contributed by atoms with E-state index in [1.807, 2.05) is 36.5 Å². The zero-order chi connectivity index (χ0) is 20.0. The first-order valence-corrected chi connectivity index (χ1v) is 8.65. The monoisotopic (exact) mass is 377 g/mol. The highest BCUT2D eigenvalue weighted by atomic mass is 16.6. The van der Waals surface area contributed by atoms with Gasteiger partial charge < -0.3 is 9.47 Å². The number of nitrogens with one attached hydrogen (secondary N) is 1. The van der Waals surface area contributed by atoms with Crippen molar-refractivity contribution in [3.63, 3.8) is 0 Å².